The predicted molar refractivity (Wildman–Crippen MR) is 144 cm³/mol. The summed E-state index contributed by atoms with van der Waals surface area (Å²) in [5, 5.41) is 14.4. The lowest BCUT2D eigenvalue weighted by molar-refractivity contribution is -0.117. The van der Waals surface area contributed by atoms with Crippen molar-refractivity contribution >= 4 is 39.4 Å². The summed E-state index contributed by atoms with van der Waals surface area (Å²) in [6.45, 7) is 3.53. The largest absolute Gasteiger partial charge is 0.324 e. The van der Waals surface area contributed by atoms with Crippen molar-refractivity contribution in [2.24, 2.45) is 7.05 Å². The number of pyridine rings is 2. The summed E-state index contributed by atoms with van der Waals surface area (Å²) in [5.74, 6) is -0.436. The number of hydrogen-bond donors (Lipinski definition) is 2. The van der Waals surface area contributed by atoms with Crippen molar-refractivity contribution in [1.82, 2.24) is 34.3 Å². The van der Waals surface area contributed by atoms with Gasteiger partial charge >= 0.3 is 0 Å². The monoisotopic (exact) mass is 527 g/mol. The number of rotatable bonds is 6. The summed E-state index contributed by atoms with van der Waals surface area (Å²) in [5.41, 5.74) is 5.35. The highest BCUT2D eigenvalue weighted by molar-refractivity contribution is 7.21. The summed E-state index contributed by atoms with van der Waals surface area (Å²) in [4.78, 5) is 38.5. The summed E-state index contributed by atoms with van der Waals surface area (Å²) >= 11 is 1.47. The Bertz CT molecular complexity index is 1670. The third-order valence-electron chi connectivity index (χ3n) is 6.46. The van der Waals surface area contributed by atoms with Crippen LogP contribution in [-0.2, 0) is 24.8 Å². The van der Waals surface area contributed by atoms with E-state index in [1.54, 1.807) is 47.0 Å². The van der Waals surface area contributed by atoms with Crippen molar-refractivity contribution in [2.75, 3.05) is 23.7 Å². The fourth-order valence-electron chi connectivity index (χ4n) is 4.50. The maximum atomic E-state index is 13.2. The Morgan fingerprint density at radius 1 is 1.11 bits per heavy atom. The van der Waals surface area contributed by atoms with Crippen molar-refractivity contribution in [2.45, 2.75) is 19.9 Å². The first kappa shape index (κ1) is 23.9. The lowest BCUT2D eigenvalue weighted by Gasteiger charge is -2.27. The highest BCUT2D eigenvalue weighted by atomic mass is 32.1. The fourth-order valence-corrected chi connectivity index (χ4v) is 5.54. The third kappa shape index (κ3) is 4.78. The Balaban J connectivity index is 1.13. The average molecular weight is 528 g/mol. The smallest absolute Gasteiger partial charge is 0.260 e. The summed E-state index contributed by atoms with van der Waals surface area (Å²) < 4.78 is 3.43. The van der Waals surface area contributed by atoms with Gasteiger partial charge in [-0.15, -0.1) is 11.3 Å². The van der Waals surface area contributed by atoms with Crippen LogP contribution in [0.2, 0.25) is 0 Å². The maximum Gasteiger partial charge on any atom is 0.260 e. The van der Waals surface area contributed by atoms with Crippen LogP contribution in [0.4, 0.5) is 11.4 Å². The Labute approximate surface area is 222 Å². The lowest BCUT2D eigenvalue weighted by Crippen LogP contribution is -2.37. The Kier molecular flexibility index (Phi) is 6.18. The number of nitrogens with one attached hydrogen (secondary N) is 2. The fraction of sp³-hybridized carbons (Fsp3) is 0.231. The molecule has 2 amide bonds. The van der Waals surface area contributed by atoms with Crippen LogP contribution >= 0.6 is 11.3 Å². The van der Waals surface area contributed by atoms with Gasteiger partial charge in [0.25, 0.3) is 5.91 Å². The van der Waals surface area contributed by atoms with E-state index in [1.165, 1.54) is 11.3 Å². The van der Waals surface area contributed by atoms with E-state index in [0.29, 0.717) is 29.2 Å². The van der Waals surface area contributed by atoms with Crippen LogP contribution in [0.1, 0.15) is 27.3 Å². The molecule has 12 heteroatoms. The molecular weight excluding hydrogens is 502 g/mol. The van der Waals surface area contributed by atoms with Gasteiger partial charge in [0.1, 0.15) is 4.83 Å². The first-order valence-corrected chi connectivity index (χ1v) is 12.9. The van der Waals surface area contributed by atoms with Crippen LogP contribution in [-0.4, -0.2) is 59.2 Å². The minimum absolute atomic E-state index is 0.139. The summed E-state index contributed by atoms with van der Waals surface area (Å²) in [7, 11) is 1.86. The van der Waals surface area contributed by atoms with E-state index in [0.717, 1.165) is 39.5 Å². The molecule has 192 valence electrons. The average Bonchev–Trinajstić information content (AvgIpc) is 3.61. The Morgan fingerprint density at radius 3 is 2.84 bits per heavy atom. The molecule has 5 aromatic rings. The van der Waals surface area contributed by atoms with Crippen LogP contribution in [0, 0.1) is 6.92 Å². The highest BCUT2D eigenvalue weighted by Gasteiger charge is 2.20. The molecule has 11 nitrogen and oxygen atoms in total. The van der Waals surface area contributed by atoms with Crippen LogP contribution in [0.3, 0.4) is 0 Å². The van der Waals surface area contributed by atoms with Gasteiger partial charge in [-0.25, -0.2) is 4.52 Å². The molecule has 1 aliphatic heterocycles. The molecular formula is C26H25N9O2S. The second kappa shape index (κ2) is 9.80. The molecule has 2 N–H and O–H groups in total. The number of fused-ring (bicyclic) bond motifs is 2. The van der Waals surface area contributed by atoms with Crippen LogP contribution in [0.25, 0.3) is 15.3 Å². The Hall–Kier alpha value is -4.42. The van der Waals surface area contributed by atoms with E-state index in [4.69, 9.17) is 0 Å². The minimum atomic E-state index is -0.298. The molecule has 0 bridgehead atoms. The zero-order valence-corrected chi connectivity index (χ0v) is 21.7. The SMILES string of the molecule is Cc1ncc(NC(=O)CN2CCc3ncccc3C2)cc1NC(=O)c1cnn2cc(-c3cnn(C)c3)sc12. The second-order valence-electron chi connectivity index (χ2n) is 9.24. The van der Waals surface area contributed by atoms with Crippen molar-refractivity contribution < 1.29 is 9.59 Å². The number of amides is 2. The summed E-state index contributed by atoms with van der Waals surface area (Å²) in [6, 6.07) is 5.70. The van der Waals surface area contributed by atoms with Gasteiger partial charge in [-0.05, 0) is 24.6 Å². The van der Waals surface area contributed by atoms with E-state index in [2.05, 4.69) is 41.8 Å². The Morgan fingerprint density at radius 2 is 2.00 bits per heavy atom. The quantitative estimate of drug-likeness (QED) is 0.348. The van der Waals surface area contributed by atoms with E-state index < -0.39 is 0 Å². The molecule has 0 fully saturated rings. The second-order valence-corrected chi connectivity index (χ2v) is 10.3. The molecule has 0 aromatic carbocycles. The molecule has 5 aromatic heterocycles. The van der Waals surface area contributed by atoms with Crippen molar-refractivity contribution in [1.29, 1.82) is 0 Å². The molecule has 6 rings (SSSR count). The highest BCUT2D eigenvalue weighted by Crippen LogP contribution is 2.30. The molecule has 0 radical (unpaired) electrons. The van der Waals surface area contributed by atoms with E-state index in [1.807, 2.05) is 25.5 Å². The van der Waals surface area contributed by atoms with Gasteiger partial charge in [-0.2, -0.15) is 10.2 Å². The zero-order valence-electron chi connectivity index (χ0n) is 20.9. The lowest BCUT2D eigenvalue weighted by atomic mass is 10.1. The molecule has 0 atom stereocenters. The van der Waals surface area contributed by atoms with Crippen LogP contribution in [0.5, 0.6) is 0 Å². The van der Waals surface area contributed by atoms with Crippen molar-refractivity contribution in [3.05, 3.63) is 77.9 Å². The van der Waals surface area contributed by atoms with E-state index in [9.17, 15) is 9.59 Å². The van der Waals surface area contributed by atoms with E-state index >= 15 is 0 Å². The van der Waals surface area contributed by atoms with Gasteiger partial charge in [-0.1, -0.05) is 6.07 Å². The van der Waals surface area contributed by atoms with E-state index in [-0.39, 0.29) is 18.4 Å². The van der Waals surface area contributed by atoms with Gasteiger partial charge in [0.05, 0.1) is 52.6 Å². The number of carbonyl (C=O) groups excluding carboxylic acids is 2. The summed E-state index contributed by atoms with van der Waals surface area (Å²) in [6.07, 6.45) is 11.3. The predicted octanol–water partition coefficient (Wildman–Crippen LogP) is 3.14. The minimum Gasteiger partial charge on any atom is -0.324 e. The number of aryl methyl sites for hydroxylation is 2. The molecule has 0 saturated carbocycles. The molecule has 6 heterocycles. The molecule has 0 unspecified atom stereocenters. The number of aromatic nitrogens is 6. The van der Waals surface area contributed by atoms with Crippen molar-refractivity contribution in [3.8, 4) is 10.4 Å². The molecule has 0 spiro atoms. The molecule has 0 aliphatic carbocycles. The number of hydrogen-bond acceptors (Lipinski definition) is 8. The molecule has 38 heavy (non-hydrogen) atoms. The number of carbonyl (C=O) groups is 2. The van der Waals surface area contributed by atoms with Crippen LogP contribution < -0.4 is 10.6 Å². The van der Waals surface area contributed by atoms with Gasteiger partial charge < -0.3 is 10.6 Å². The first-order valence-electron chi connectivity index (χ1n) is 12.1. The van der Waals surface area contributed by atoms with Gasteiger partial charge in [0.15, 0.2) is 0 Å². The van der Waals surface area contributed by atoms with Crippen LogP contribution in [0.15, 0.2) is 55.4 Å². The third-order valence-corrected chi connectivity index (χ3v) is 7.62. The van der Waals surface area contributed by atoms with Gasteiger partial charge in [-0.3, -0.25) is 29.1 Å². The maximum absolute atomic E-state index is 13.2. The first-order chi connectivity index (χ1) is 18.4. The van der Waals surface area contributed by atoms with Crippen molar-refractivity contribution in [3.63, 3.8) is 0 Å². The normalized spacial score (nSPS) is 13.4. The number of anilines is 2. The number of nitrogens with zero attached hydrogens (tertiary/aromatic N) is 7. The zero-order chi connectivity index (χ0) is 26.2. The standard InChI is InChI=1S/C26H25N9O2S/c1-16-22(32-25(37)20-11-30-35-14-23(38-26(20)35)18-9-29-33(2)12-18)8-19(10-28-16)31-24(36)15-34-7-5-21-17(13-34)4-3-6-27-21/h3-4,6,8-12,14H,5,7,13,15H2,1-2H3,(H,31,36)(H,32,37). The number of thiazole rings is 1. The molecule has 1 aliphatic rings. The van der Waals surface area contributed by atoms with Gasteiger partial charge in [0.2, 0.25) is 5.91 Å². The topological polar surface area (TPSA) is 122 Å². The molecule has 0 saturated heterocycles. The van der Waals surface area contributed by atoms with Gasteiger partial charge in [0, 0.05) is 56.4 Å².